The van der Waals surface area contributed by atoms with Crippen molar-refractivity contribution in [1.82, 2.24) is 19.5 Å². The summed E-state index contributed by atoms with van der Waals surface area (Å²) in [4.78, 5) is 16.0. The first-order valence-electron chi connectivity index (χ1n) is 8.86. The number of aromatic nitrogens is 4. The van der Waals surface area contributed by atoms with Crippen LogP contribution in [0.15, 0.2) is 30.9 Å². The molecule has 0 aliphatic carbocycles. The highest BCUT2D eigenvalue weighted by molar-refractivity contribution is 6.36. The van der Waals surface area contributed by atoms with E-state index in [2.05, 4.69) is 33.7 Å². The molecule has 7 heteroatoms. The molecule has 0 N–H and O–H groups in total. The van der Waals surface area contributed by atoms with Gasteiger partial charge in [-0.1, -0.05) is 43.1 Å². The number of hydrogen-bond donors (Lipinski definition) is 0. The second-order valence-corrected chi connectivity index (χ2v) is 8.11. The van der Waals surface area contributed by atoms with Crippen LogP contribution in [0, 0.1) is 11.8 Å². The lowest BCUT2D eigenvalue weighted by Crippen LogP contribution is -2.39. The monoisotopic (exact) mass is 389 g/mol. The van der Waals surface area contributed by atoms with Crippen molar-refractivity contribution < 1.29 is 0 Å². The van der Waals surface area contributed by atoms with Crippen LogP contribution >= 0.6 is 23.2 Å². The van der Waals surface area contributed by atoms with Crippen molar-refractivity contribution in [2.24, 2.45) is 11.8 Å². The summed E-state index contributed by atoms with van der Waals surface area (Å²) in [6.45, 7) is 7.11. The zero-order valence-corrected chi connectivity index (χ0v) is 16.4. The van der Waals surface area contributed by atoms with Gasteiger partial charge in [-0.3, -0.25) is 0 Å². The van der Waals surface area contributed by atoms with E-state index in [0.717, 1.165) is 35.6 Å². The Balaban J connectivity index is 1.71. The van der Waals surface area contributed by atoms with Gasteiger partial charge in [-0.15, -0.1) is 0 Å². The molecular formula is C19H21Cl2N5. The SMILES string of the molecule is C[C@@H]1C[C@H](C)CN(c2ncnc3c2ncn3Cc2c(Cl)cccc2Cl)C1. The zero-order valence-electron chi connectivity index (χ0n) is 14.9. The van der Waals surface area contributed by atoms with Crippen LogP contribution in [-0.2, 0) is 6.54 Å². The van der Waals surface area contributed by atoms with E-state index >= 15 is 0 Å². The summed E-state index contributed by atoms with van der Waals surface area (Å²) >= 11 is 12.6. The highest BCUT2D eigenvalue weighted by Crippen LogP contribution is 2.30. The Kier molecular flexibility index (Phi) is 4.76. The third-order valence-electron chi connectivity index (χ3n) is 4.94. The summed E-state index contributed by atoms with van der Waals surface area (Å²) < 4.78 is 1.98. The fourth-order valence-corrected chi connectivity index (χ4v) is 4.42. The molecule has 3 heterocycles. The van der Waals surface area contributed by atoms with Crippen LogP contribution in [0.2, 0.25) is 10.0 Å². The van der Waals surface area contributed by atoms with Crippen LogP contribution in [-0.4, -0.2) is 32.6 Å². The maximum Gasteiger partial charge on any atom is 0.165 e. The third-order valence-corrected chi connectivity index (χ3v) is 5.65. The summed E-state index contributed by atoms with van der Waals surface area (Å²) in [6, 6.07) is 5.54. The van der Waals surface area contributed by atoms with Gasteiger partial charge >= 0.3 is 0 Å². The number of anilines is 1. The van der Waals surface area contributed by atoms with Crippen LogP contribution in [0.5, 0.6) is 0 Å². The molecule has 4 rings (SSSR count). The summed E-state index contributed by atoms with van der Waals surface area (Å²) in [5, 5.41) is 1.29. The lowest BCUT2D eigenvalue weighted by molar-refractivity contribution is 0.355. The molecule has 0 radical (unpaired) electrons. The van der Waals surface area contributed by atoms with E-state index in [0.29, 0.717) is 28.4 Å². The minimum Gasteiger partial charge on any atom is -0.354 e. The molecule has 26 heavy (non-hydrogen) atoms. The predicted molar refractivity (Wildman–Crippen MR) is 106 cm³/mol. The van der Waals surface area contributed by atoms with E-state index in [9.17, 15) is 0 Å². The topological polar surface area (TPSA) is 46.8 Å². The van der Waals surface area contributed by atoms with Crippen molar-refractivity contribution >= 4 is 40.2 Å². The average molecular weight is 390 g/mol. The minimum absolute atomic E-state index is 0.526. The Morgan fingerprint density at radius 1 is 1.04 bits per heavy atom. The van der Waals surface area contributed by atoms with E-state index in [1.54, 1.807) is 12.7 Å². The van der Waals surface area contributed by atoms with Crippen molar-refractivity contribution in [3.05, 3.63) is 46.5 Å². The van der Waals surface area contributed by atoms with Crippen molar-refractivity contribution in [2.45, 2.75) is 26.8 Å². The Morgan fingerprint density at radius 3 is 2.42 bits per heavy atom. The Bertz CT molecular complexity index is 909. The molecule has 0 bridgehead atoms. The molecule has 0 unspecified atom stereocenters. The fourth-order valence-electron chi connectivity index (χ4n) is 3.91. The van der Waals surface area contributed by atoms with Crippen LogP contribution in [0.3, 0.4) is 0 Å². The molecule has 136 valence electrons. The number of piperidine rings is 1. The standard InChI is InChI=1S/C19H21Cl2N5/c1-12-6-13(2)8-25(7-12)18-17-19(23-10-22-18)26(11-24-17)9-14-15(20)4-3-5-16(14)21/h3-5,10-13H,6-9H2,1-2H3/t12-,13+. The summed E-state index contributed by atoms with van der Waals surface area (Å²) in [6.07, 6.45) is 4.66. The summed E-state index contributed by atoms with van der Waals surface area (Å²) in [7, 11) is 0. The summed E-state index contributed by atoms with van der Waals surface area (Å²) in [5.74, 6) is 2.21. The smallest absolute Gasteiger partial charge is 0.165 e. The molecule has 0 amide bonds. The second kappa shape index (κ2) is 7.05. The highest BCUT2D eigenvalue weighted by atomic mass is 35.5. The molecule has 1 saturated heterocycles. The molecule has 0 saturated carbocycles. The largest absolute Gasteiger partial charge is 0.354 e. The molecule has 0 spiro atoms. The van der Waals surface area contributed by atoms with Crippen LogP contribution in [0.25, 0.3) is 11.2 Å². The third kappa shape index (κ3) is 3.26. The number of rotatable bonds is 3. The van der Waals surface area contributed by atoms with E-state index in [4.69, 9.17) is 23.2 Å². The van der Waals surface area contributed by atoms with Gasteiger partial charge in [-0.25, -0.2) is 15.0 Å². The van der Waals surface area contributed by atoms with Crippen molar-refractivity contribution in [1.29, 1.82) is 0 Å². The fraction of sp³-hybridized carbons (Fsp3) is 0.421. The number of halogens is 2. The van der Waals surface area contributed by atoms with Crippen molar-refractivity contribution in [3.63, 3.8) is 0 Å². The molecule has 1 aromatic carbocycles. The van der Waals surface area contributed by atoms with E-state index in [1.807, 2.05) is 22.8 Å². The molecule has 2 atom stereocenters. The van der Waals surface area contributed by atoms with Gasteiger partial charge in [-0.05, 0) is 30.4 Å². The Labute approximate surface area is 163 Å². The second-order valence-electron chi connectivity index (χ2n) is 7.29. The number of imidazole rings is 1. The minimum atomic E-state index is 0.526. The molecule has 3 aromatic rings. The summed E-state index contributed by atoms with van der Waals surface area (Å²) in [5.41, 5.74) is 2.50. The van der Waals surface area contributed by atoms with E-state index < -0.39 is 0 Å². The highest BCUT2D eigenvalue weighted by Gasteiger charge is 2.25. The van der Waals surface area contributed by atoms with Crippen molar-refractivity contribution in [3.8, 4) is 0 Å². The average Bonchev–Trinajstić information content (AvgIpc) is 3.00. The zero-order chi connectivity index (χ0) is 18.3. The van der Waals surface area contributed by atoms with Crippen LogP contribution < -0.4 is 4.90 Å². The Morgan fingerprint density at radius 2 is 1.73 bits per heavy atom. The van der Waals surface area contributed by atoms with Gasteiger partial charge in [0.15, 0.2) is 17.0 Å². The van der Waals surface area contributed by atoms with Gasteiger partial charge < -0.3 is 9.47 Å². The molecule has 2 aromatic heterocycles. The molecule has 1 aliphatic heterocycles. The normalized spacial score (nSPS) is 20.7. The molecule has 5 nitrogen and oxygen atoms in total. The first-order valence-corrected chi connectivity index (χ1v) is 9.62. The molecule has 1 fully saturated rings. The predicted octanol–water partition coefficient (Wildman–Crippen LogP) is 4.66. The number of nitrogens with zero attached hydrogens (tertiary/aromatic N) is 5. The van der Waals surface area contributed by atoms with Crippen LogP contribution in [0.1, 0.15) is 25.8 Å². The first-order chi connectivity index (χ1) is 12.5. The number of benzene rings is 1. The maximum atomic E-state index is 6.32. The van der Waals surface area contributed by atoms with Crippen LogP contribution in [0.4, 0.5) is 5.82 Å². The number of fused-ring (bicyclic) bond motifs is 1. The van der Waals surface area contributed by atoms with Gasteiger partial charge in [0, 0.05) is 28.7 Å². The molecule has 1 aliphatic rings. The Hall–Kier alpha value is -1.85. The quantitative estimate of drug-likeness (QED) is 0.653. The lowest BCUT2D eigenvalue weighted by atomic mass is 9.92. The maximum absolute atomic E-state index is 6.32. The molecular weight excluding hydrogens is 369 g/mol. The van der Waals surface area contributed by atoms with Gasteiger partial charge in [0.2, 0.25) is 0 Å². The number of hydrogen-bond acceptors (Lipinski definition) is 4. The van der Waals surface area contributed by atoms with E-state index in [-0.39, 0.29) is 0 Å². The lowest BCUT2D eigenvalue weighted by Gasteiger charge is -2.35. The van der Waals surface area contributed by atoms with E-state index in [1.165, 1.54) is 6.42 Å². The van der Waals surface area contributed by atoms with Crippen molar-refractivity contribution in [2.75, 3.05) is 18.0 Å². The van der Waals surface area contributed by atoms with Gasteiger partial charge in [-0.2, -0.15) is 0 Å². The van der Waals surface area contributed by atoms with Gasteiger partial charge in [0.25, 0.3) is 0 Å². The van der Waals surface area contributed by atoms with Gasteiger partial charge in [0.1, 0.15) is 6.33 Å². The first kappa shape index (κ1) is 17.6. The van der Waals surface area contributed by atoms with Gasteiger partial charge in [0.05, 0.1) is 12.9 Å².